The Bertz CT molecular complexity index is 842. The summed E-state index contributed by atoms with van der Waals surface area (Å²) in [7, 11) is 1.76. The number of carbonyl (C=O) groups is 1. The Labute approximate surface area is 153 Å². The summed E-state index contributed by atoms with van der Waals surface area (Å²) >= 11 is 0. The van der Waals surface area contributed by atoms with Crippen molar-refractivity contribution in [1.82, 2.24) is 25.4 Å². The molecule has 1 fully saturated rings. The minimum absolute atomic E-state index is 0. The number of rotatable bonds is 3. The van der Waals surface area contributed by atoms with Gasteiger partial charge in [-0.25, -0.2) is 4.98 Å². The molecule has 8 heteroatoms. The average Bonchev–Trinajstić information content (AvgIpc) is 2.80. The number of aromatic amines is 1. The van der Waals surface area contributed by atoms with Crippen molar-refractivity contribution >= 4 is 29.3 Å². The van der Waals surface area contributed by atoms with Crippen molar-refractivity contribution in [2.75, 3.05) is 6.54 Å². The number of piperidine rings is 1. The van der Waals surface area contributed by atoms with Crippen LogP contribution in [-0.2, 0) is 18.3 Å². The lowest BCUT2D eigenvalue weighted by atomic mass is 9.98. The number of hydrogen-bond acceptors (Lipinski definition) is 4. The standard InChI is InChI=1S/C17H25N5O2.ClH/c1-9-12(8-14(23)20-13-6-5-7-18-11(13)3)10(2)19-16-15(9)17(24)21-22(16)4;/h11,13,18H,5-8H2,1-4H3,(H,20,23)(H,21,24);1H. The Morgan fingerprint density at radius 2 is 2.12 bits per heavy atom. The molecule has 0 aromatic carbocycles. The first kappa shape index (κ1) is 19.5. The molecule has 138 valence electrons. The second-order valence-electron chi connectivity index (χ2n) is 6.74. The van der Waals surface area contributed by atoms with Crippen LogP contribution in [0.5, 0.6) is 0 Å². The number of fused-ring (bicyclic) bond motifs is 1. The predicted molar refractivity (Wildman–Crippen MR) is 100 cm³/mol. The van der Waals surface area contributed by atoms with Gasteiger partial charge >= 0.3 is 0 Å². The van der Waals surface area contributed by atoms with Crippen molar-refractivity contribution in [3.8, 4) is 0 Å². The Morgan fingerprint density at radius 3 is 2.80 bits per heavy atom. The Hall–Kier alpha value is -1.86. The van der Waals surface area contributed by atoms with E-state index in [1.165, 1.54) is 0 Å². The molecule has 0 spiro atoms. The number of hydrogen-bond donors (Lipinski definition) is 3. The molecule has 0 radical (unpaired) electrons. The summed E-state index contributed by atoms with van der Waals surface area (Å²) in [5.74, 6) is -0.0183. The molecule has 2 unspecified atom stereocenters. The topological polar surface area (TPSA) is 91.8 Å². The van der Waals surface area contributed by atoms with Gasteiger partial charge in [-0.2, -0.15) is 0 Å². The molecule has 1 aliphatic heterocycles. The van der Waals surface area contributed by atoms with Crippen LogP contribution in [0.2, 0.25) is 0 Å². The molecule has 3 rings (SSSR count). The van der Waals surface area contributed by atoms with Crippen LogP contribution >= 0.6 is 12.4 Å². The molecular weight excluding hydrogens is 342 g/mol. The van der Waals surface area contributed by atoms with Gasteiger partial charge in [0.05, 0.1) is 11.8 Å². The smallest absolute Gasteiger partial charge is 0.273 e. The third-order valence-corrected chi connectivity index (χ3v) is 5.02. The summed E-state index contributed by atoms with van der Waals surface area (Å²) < 4.78 is 1.62. The molecule has 0 aliphatic carbocycles. The number of nitrogens with zero attached hydrogens (tertiary/aromatic N) is 2. The van der Waals surface area contributed by atoms with Crippen molar-refractivity contribution in [2.45, 2.75) is 52.1 Å². The monoisotopic (exact) mass is 367 g/mol. The first-order valence-corrected chi connectivity index (χ1v) is 8.46. The Kier molecular flexibility index (Phi) is 5.90. The number of H-pyrrole nitrogens is 1. The quantitative estimate of drug-likeness (QED) is 0.757. The second kappa shape index (κ2) is 7.58. The molecule has 2 aromatic rings. The fourth-order valence-electron chi connectivity index (χ4n) is 3.57. The molecule has 2 atom stereocenters. The van der Waals surface area contributed by atoms with Crippen LogP contribution in [0.1, 0.15) is 36.6 Å². The highest BCUT2D eigenvalue weighted by Crippen LogP contribution is 2.20. The van der Waals surface area contributed by atoms with Crippen molar-refractivity contribution in [3.05, 3.63) is 27.2 Å². The van der Waals surface area contributed by atoms with E-state index in [1.807, 2.05) is 13.8 Å². The molecular formula is C17H26ClN5O2. The zero-order valence-electron chi connectivity index (χ0n) is 15.1. The number of amides is 1. The van der Waals surface area contributed by atoms with Gasteiger partial charge in [0.2, 0.25) is 5.91 Å². The lowest BCUT2D eigenvalue weighted by Gasteiger charge is -2.30. The van der Waals surface area contributed by atoms with E-state index in [2.05, 4.69) is 27.6 Å². The highest BCUT2D eigenvalue weighted by molar-refractivity contribution is 5.85. The van der Waals surface area contributed by atoms with E-state index in [-0.39, 0.29) is 42.4 Å². The van der Waals surface area contributed by atoms with Crippen LogP contribution < -0.4 is 16.2 Å². The van der Waals surface area contributed by atoms with Crippen molar-refractivity contribution in [1.29, 1.82) is 0 Å². The molecule has 1 saturated heterocycles. The summed E-state index contributed by atoms with van der Waals surface area (Å²) in [6, 6.07) is 0.436. The number of nitrogens with one attached hydrogen (secondary N) is 3. The lowest BCUT2D eigenvalue weighted by molar-refractivity contribution is -0.121. The van der Waals surface area contributed by atoms with E-state index in [0.29, 0.717) is 11.0 Å². The molecule has 7 nitrogen and oxygen atoms in total. The van der Waals surface area contributed by atoms with Gasteiger partial charge in [0.25, 0.3) is 5.56 Å². The van der Waals surface area contributed by atoms with Crippen LogP contribution in [0.25, 0.3) is 11.0 Å². The molecule has 25 heavy (non-hydrogen) atoms. The molecule has 0 bridgehead atoms. The number of aryl methyl sites for hydroxylation is 3. The zero-order chi connectivity index (χ0) is 17.4. The molecule has 0 saturated carbocycles. The number of halogens is 1. The van der Waals surface area contributed by atoms with Crippen molar-refractivity contribution in [2.24, 2.45) is 7.05 Å². The maximum Gasteiger partial charge on any atom is 0.273 e. The maximum atomic E-state index is 12.5. The van der Waals surface area contributed by atoms with Gasteiger partial charge < -0.3 is 10.6 Å². The number of carbonyl (C=O) groups excluding carboxylic acids is 1. The Balaban J connectivity index is 0.00000225. The minimum Gasteiger partial charge on any atom is -0.352 e. The fraction of sp³-hybridized carbons (Fsp3) is 0.588. The van der Waals surface area contributed by atoms with Gasteiger partial charge in [-0.1, -0.05) is 0 Å². The van der Waals surface area contributed by atoms with Crippen LogP contribution in [0, 0.1) is 13.8 Å². The normalized spacial score (nSPS) is 20.3. The largest absolute Gasteiger partial charge is 0.352 e. The molecule has 3 heterocycles. The summed E-state index contributed by atoms with van der Waals surface area (Å²) in [6.07, 6.45) is 2.31. The van der Waals surface area contributed by atoms with Gasteiger partial charge in [-0.3, -0.25) is 19.4 Å². The summed E-state index contributed by atoms with van der Waals surface area (Å²) in [5.41, 5.74) is 2.94. The van der Waals surface area contributed by atoms with Crippen molar-refractivity contribution < 1.29 is 4.79 Å². The third-order valence-electron chi connectivity index (χ3n) is 5.02. The highest BCUT2D eigenvalue weighted by Gasteiger charge is 2.23. The van der Waals surface area contributed by atoms with Gasteiger partial charge in [0, 0.05) is 24.8 Å². The van der Waals surface area contributed by atoms with Crippen molar-refractivity contribution in [3.63, 3.8) is 0 Å². The van der Waals surface area contributed by atoms with Crippen LogP contribution in [0.3, 0.4) is 0 Å². The Morgan fingerprint density at radius 1 is 1.40 bits per heavy atom. The molecule has 3 N–H and O–H groups in total. The first-order chi connectivity index (χ1) is 11.4. The summed E-state index contributed by atoms with van der Waals surface area (Å²) in [5, 5.41) is 9.80. The minimum atomic E-state index is -0.163. The predicted octanol–water partition coefficient (Wildman–Crippen LogP) is 1.10. The maximum absolute atomic E-state index is 12.5. The highest BCUT2D eigenvalue weighted by atomic mass is 35.5. The number of aromatic nitrogens is 3. The first-order valence-electron chi connectivity index (χ1n) is 8.46. The van der Waals surface area contributed by atoms with E-state index in [0.717, 1.165) is 36.2 Å². The lowest BCUT2D eigenvalue weighted by Crippen LogP contribution is -2.52. The summed E-state index contributed by atoms with van der Waals surface area (Å²) in [6.45, 7) is 6.87. The zero-order valence-corrected chi connectivity index (χ0v) is 15.9. The third kappa shape index (κ3) is 3.72. The molecule has 1 aliphatic rings. The summed E-state index contributed by atoms with van der Waals surface area (Å²) in [4.78, 5) is 29.1. The van der Waals surface area contributed by atoms with E-state index in [4.69, 9.17) is 0 Å². The van der Waals surface area contributed by atoms with Gasteiger partial charge in [-0.15, -0.1) is 12.4 Å². The fourth-order valence-corrected chi connectivity index (χ4v) is 3.57. The molecule has 1 amide bonds. The van der Waals surface area contributed by atoms with E-state index in [1.54, 1.807) is 11.7 Å². The van der Waals surface area contributed by atoms with E-state index >= 15 is 0 Å². The molecule has 2 aromatic heterocycles. The van der Waals surface area contributed by atoms with Crippen LogP contribution in [0.15, 0.2) is 4.79 Å². The van der Waals surface area contributed by atoms with Gasteiger partial charge in [-0.05, 0) is 51.3 Å². The second-order valence-corrected chi connectivity index (χ2v) is 6.74. The number of pyridine rings is 1. The van der Waals surface area contributed by atoms with E-state index in [9.17, 15) is 9.59 Å². The average molecular weight is 368 g/mol. The van der Waals surface area contributed by atoms with Gasteiger partial charge in [0.15, 0.2) is 5.65 Å². The SMILES string of the molecule is Cc1nc2c(c(C)c1CC(=O)NC1CCCNC1C)c(=O)[nH]n2C.Cl. The van der Waals surface area contributed by atoms with E-state index < -0.39 is 0 Å². The van der Waals surface area contributed by atoms with Crippen LogP contribution in [-0.4, -0.2) is 39.3 Å². The van der Waals surface area contributed by atoms with Gasteiger partial charge in [0.1, 0.15) is 0 Å². The van der Waals surface area contributed by atoms with Crippen LogP contribution in [0.4, 0.5) is 0 Å².